The van der Waals surface area contributed by atoms with Gasteiger partial charge in [-0.25, -0.2) is 0 Å². The zero-order chi connectivity index (χ0) is 16.8. The molecule has 0 heterocycles. The monoisotopic (exact) mass is 326 g/mol. The molecule has 2 aliphatic carbocycles. The molecule has 10 heteroatoms. The fourth-order valence-corrected chi connectivity index (χ4v) is 2.86. The lowest BCUT2D eigenvalue weighted by Crippen LogP contribution is -2.66. The van der Waals surface area contributed by atoms with Crippen molar-refractivity contribution in [1.29, 1.82) is 0 Å². The first-order chi connectivity index (χ1) is 10.2. The van der Waals surface area contributed by atoms with E-state index >= 15 is 0 Å². The van der Waals surface area contributed by atoms with Crippen LogP contribution >= 0.6 is 0 Å². The summed E-state index contributed by atoms with van der Waals surface area (Å²) in [6.45, 7) is 0. The molecule has 2 saturated carbocycles. The fraction of sp³-hybridized carbons (Fsp3) is 1.00. The zero-order valence-corrected chi connectivity index (χ0v) is 11.5. The van der Waals surface area contributed by atoms with Gasteiger partial charge in [0.05, 0.1) is 12.2 Å². The molecule has 0 aliphatic heterocycles. The molecule has 0 aromatic heterocycles. The number of ether oxygens (including phenoxy) is 1. The average molecular weight is 326 g/mol. The van der Waals surface area contributed by atoms with Crippen LogP contribution in [-0.4, -0.2) is 113 Å². The Bertz CT molecular complexity index is 365. The van der Waals surface area contributed by atoms with Crippen LogP contribution in [0.1, 0.15) is 6.42 Å². The molecule has 11 atom stereocenters. The summed E-state index contributed by atoms with van der Waals surface area (Å²) in [4.78, 5) is 0. The highest BCUT2D eigenvalue weighted by Crippen LogP contribution is 2.29. The van der Waals surface area contributed by atoms with Crippen LogP contribution in [0.3, 0.4) is 0 Å². The third-order valence-corrected chi connectivity index (χ3v) is 4.35. The van der Waals surface area contributed by atoms with Gasteiger partial charge < -0.3 is 50.7 Å². The number of aliphatic hydroxyl groups is 9. The Hall–Kier alpha value is -0.400. The maximum absolute atomic E-state index is 9.83. The van der Waals surface area contributed by atoms with Crippen molar-refractivity contribution in [3.05, 3.63) is 0 Å². The first-order valence-corrected chi connectivity index (χ1v) is 6.95. The number of hydrogen-bond acceptors (Lipinski definition) is 10. The minimum absolute atomic E-state index is 0.302. The van der Waals surface area contributed by atoms with Gasteiger partial charge >= 0.3 is 0 Å². The molecule has 2 rings (SSSR count). The Kier molecular flexibility index (Phi) is 5.39. The lowest BCUT2D eigenvalue weighted by atomic mass is 9.83. The van der Waals surface area contributed by atoms with Crippen LogP contribution in [0.5, 0.6) is 0 Å². The summed E-state index contributed by atoms with van der Waals surface area (Å²) >= 11 is 0. The van der Waals surface area contributed by atoms with Crippen LogP contribution in [-0.2, 0) is 4.74 Å². The Labute approximate surface area is 125 Å². The summed E-state index contributed by atoms with van der Waals surface area (Å²) < 4.78 is 5.24. The third kappa shape index (κ3) is 2.99. The number of hydrogen-bond donors (Lipinski definition) is 9. The smallest absolute Gasteiger partial charge is 0.115 e. The lowest BCUT2D eigenvalue weighted by molar-refractivity contribution is -0.269. The van der Waals surface area contributed by atoms with Crippen molar-refractivity contribution in [2.75, 3.05) is 0 Å². The fourth-order valence-electron chi connectivity index (χ4n) is 2.86. The number of rotatable bonds is 2. The molecule has 0 spiro atoms. The quantitative estimate of drug-likeness (QED) is 0.236. The van der Waals surface area contributed by atoms with E-state index in [1.807, 2.05) is 0 Å². The molecule has 10 nitrogen and oxygen atoms in total. The minimum atomic E-state index is -1.79. The Morgan fingerprint density at radius 3 is 1.41 bits per heavy atom. The van der Waals surface area contributed by atoms with Gasteiger partial charge in [-0.05, 0) is 0 Å². The van der Waals surface area contributed by atoms with E-state index in [4.69, 9.17) is 4.74 Å². The van der Waals surface area contributed by atoms with Crippen LogP contribution < -0.4 is 0 Å². The lowest BCUT2D eigenvalue weighted by Gasteiger charge is -2.45. The van der Waals surface area contributed by atoms with E-state index in [1.54, 1.807) is 0 Å². The predicted molar refractivity (Wildman–Crippen MR) is 67.3 cm³/mol. The summed E-state index contributed by atoms with van der Waals surface area (Å²) in [5.74, 6) is 0. The SMILES string of the molecule is OC1[C@@H](O)[C@H](O)C(O[C@@H]2C[C@H](O)[C@H](O)[C@@H](O)[C@H]2O)[C@H](O)[C@@H]1O. The topological polar surface area (TPSA) is 191 Å². The van der Waals surface area contributed by atoms with E-state index in [9.17, 15) is 46.0 Å². The van der Waals surface area contributed by atoms with Gasteiger partial charge in [-0.15, -0.1) is 0 Å². The van der Waals surface area contributed by atoms with Crippen molar-refractivity contribution in [3.63, 3.8) is 0 Å². The highest BCUT2D eigenvalue weighted by Gasteiger charge is 2.51. The molecule has 0 saturated heterocycles. The second-order valence-corrected chi connectivity index (χ2v) is 5.87. The van der Waals surface area contributed by atoms with E-state index in [0.29, 0.717) is 0 Å². The summed E-state index contributed by atoms with van der Waals surface area (Å²) in [6.07, 6.45) is -18.3. The van der Waals surface area contributed by atoms with Gasteiger partial charge in [-0.3, -0.25) is 0 Å². The molecular formula is C12H22O10. The van der Waals surface area contributed by atoms with E-state index in [-0.39, 0.29) is 6.42 Å². The Balaban J connectivity index is 2.11. The van der Waals surface area contributed by atoms with Crippen molar-refractivity contribution in [3.8, 4) is 0 Å². The van der Waals surface area contributed by atoms with Gasteiger partial charge in [-0.2, -0.15) is 0 Å². The van der Waals surface area contributed by atoms with Gasteiger partial charge in [0.1, 0.15) is 54.9 Å². The predicted octanol–water partition coefficient (Wildman–Crippen LogP) is -5.59. The minimum Gasteiger partial charge on any atom is -0.390 e. The molecule has 0 bridgehead atoms. The number of aliphatic hydroxyl groups excluding tert-OH is 9. The van der Waals surface area contributed by atoms with E-state index < -0.39 is 67.1 Å². The molecule has 2 aliphatic rings. The van der Waals surface area contributed by atoms with Crippen LogP contribution in [0.25, 0.3) is 0 Å². The van der Waals surface area contributed by atoms with Crippen LogP contribution in [0, 0.1) is 0 Å². The second kappa shape index (κ2) is 6.61. The van der Waals surface area contributed by atoms with Crippen molar-refractivity contribution < 1.29 is 50.7 Å². The van der Waals surface area contributed by atoms with Gasteiger partial charge in [0.2, 0.25) is 0 Å². The van der Waals surface area contributed by atoms with Crippen LogP contribution in [0.15, 0.2) is 0 Å². The summed E-state index contributed by atoms with van der Waals surface area (Å²) in [5.41, 5.74) is 0. The maximum atomic E-state index is 9.83. The van der Waals surface area contributed by atoms with Gasteiger partial charge in [0, 0.05) is 6.42 Å². The van der Waals surface area contributed by atoms with Crippen molar-refractivity contribution in [2.24, 2.45) is 0 Å². The van der Waals surface area contributed by atoms with Gasteiger partial charge in [-0.1, -0.05) is 0 Å². The molecular weight excluding hydrogens is 304 g/mol. The Morgan fingerprint density at radius 2 is 0.909 bits per heavy atom. The second-order valence-electron chi connectivity index (χ2n) is 5.87. The van der Waals surface area contributed by atoms with Crippen LogP contribution in [0.2, 0.25) is 0 Å². The van der Waals surface area contributed by atoms with Gasteiger partial charge in [0.15, 0.2) is 0 Å². The van der Waals surface area contributed by atoms with E-state index in [0.717, 1.165) is 0 Å². The van der Waals surface area contributed by atoms with E-state index in [1.165, 1.54) is 0 Å². The maximum Gasteiger partial charge on any atom is 0.115 e. The van der Waals surface area contributed by atoms with Crippen LogP contribution in [0.4, 0.5) is 0 Å². The first-order valence-electron chi connectivity index (χ1n) is 6.95. The molecule has 130 valence electrons. The molecule has 0 aromatic carbocycles. The molecule has 9 N–H and O–H groups in total. The highest BCUT2D eigenvalue weighted by atomic mass is 16.5. The first kappa shape index (κ1) is 17.9. The molecule has 0 radical (unpaired) electrons. The van der Waals surface area contributed by atoms with Crippen molar-refractivity contribution in [2.45, 2.75) is 73.6 Å². The molecule has 0 aromatic rings. The summed E-state index contributed by atoms with van der Waals surface area (Å²) in [6, 6.07) is 0. The highest BCUT2D eigenvalue weighted by molar-refractivity contribution is 5.01. The standard InChI is InChI=1S/C12H22O10/c13-2-1-3(5(15)6(16)4(2)14)22-12-10(20)8(18)7(17)9(19)11(12)21/h2-21H,1H2/t2-,3+,4-,5-,6+,7?,8+,9+,10-,11+,12?/m0/s1. The summed E-state index contributed by atoms with van der Waals surface area (Å²) in [7, 11) is 0. The van der Waals surface area contributed by atoms with Gasteiger partial charge in [0.25, 0.3) is 0 Å². The van der Waals surface area contributed by atoms with E-state index in [2.05, 4.69) is 0 Å². The molecule has 0 amide bonds. The zero-order valence-electron chi connectivity index (χ0n) is 11.5. The normalized spacial score (nSPS) is 56.9. The average Bonchev–Trinajstić information content (AvgIpc) is 2.50. The summed E-state index contributed by atoms with van der Waals surface area (Å²) in [5, 5.41) is 86.7. The largest absolute Gasteiger partial charge is 0.390 e. The van der Waals surface area contributed by atoms with Crippen molar-refractivity contribution >= 4 is 0 Å². The Morgan fingerprint density at radius 1 is 0.500 bits per heavy atom. The van der Waals surface area contributed by atoms with Crippen molar-refractivity contribution in [1.82, 2.24) is 0 Å². The molecule has 22 heavy (non-hydrogen) atoms. The third-order valence-electron chi connectivity index (χ3n) is 4.35. The molecule has 2 fully saturated rings. The molecule has 2 unspecified atom stereocenters.